The highest BCUT2D eigenvalue weighted by Gasteiger charge is 2.08. The molecule has 0 unspecified atom stereocenters. The van der Waals surface area contributed by atoms with Crippen LogP contribution in [0.1, 0.15) is 6.92 Å². The average Bonchev–Trinajstić information content (AvgIpc) is 2.07. The molecule has 0 aromatic heterocycles. The van der Waals surface area contributed by atoms with Crippen LogP contribution in [-0.2, 0) is 0 Å². The number of anilines is 1. The Balaban J connectivity index is 2.88. The Labute approximate surface area is 85.7 Å². The monoisotopic (exact) mass is 275 g/mol. The zero-order chi connectivity index (χ0) is 8.97. The third kappa shape index (κ3) is 2.20. The summed E-state index contributed by atoms with van der Waals surface area (Å²) in [5.41, 5.74) is 0.958. The largest absolute Gasteiger partial charge is 0.304 e. The molecule has 12 heavy (non-hydrogen) atoms. The lowest BCUT2D eigenvalue weighted by Gasteiger charge is -2.17. The van der Waals surface area contributed by atoms with Crippen molar-refractivity contribution in [2.24, 2.45) is 0 Å². The normalized spacial score (nSPS) is 9.50. The number of rotatable bonds is 2. The lowest BCUT2D eigenvalue weighted by molar-refractivity contribution is 0.267. The highest BCUT2D eigenvalue weighted by atomic mass is 127. The Morgan fingerprint density at radius 2 is 2.00 bits per heavy atom. The minimum atomic E-state index is 0.0568. The molecule has 0 aliphatic carbocycles. The highest BCUT2D eigenvalue weighted by Crippen LogP contribution is 2.15. The van der Waals surface area contributed by atoms with Crippen molar-refractivity contribution in [3.63, 3.8) is 0 Å². The molecule has 0 aliphatic rings. The lowest BCUT2D eigenvalue weighted by atomic mass is 10.3. The van der Waals surface area contributed by atoms with E-state index in [2.05, 4.69) is 0 Å². The van der Waals surface area contributed by atoms with Gasteiger partial charge in [0.1, 0.15) is 0 Å². The van der Waals surface area contributed by atoms with Crippen molar-refractivity contribution in [3.05, 3.63) is 30.3 Å². The molecule has 0 radical (unpaired) electrons. The van der Waals surface area contributed by atoms with Crippen LogP contribution in [0.25, 0.3) is 0 Å². The first kappa shape index (κ1) is 9.51. The summed E-state index contributed by atoms with van der Waals surface area (Å²) >= 11 is 1.80. The van der Waals surface area contributed by atoms with E-state index in [0.717, 1.165) is 5.69 Å². The summed E-state index contributed by atoms with van der Waals surface area (Å²) < 4.78 is 0.0568. The molecule has 0 saturated heterocycles. The number of carbonyl (C=O) groups excluding carboxylic acids is 1. The van der Waals surface area contributed by atoms with Gasteiger partial charge >= 0.3 is 0 Å². The summed E-state index contributed by atoms with van der Waals surface area (Å²) in [4.78, 5) is 12.8. The molecule has 0 heterocycles. The Bertz CT molecular complexity index is 260. The Morgan fingerprint density at radius 3 is 2.42 bits per heavy atom. The summed E-state index contributed by atoms with van der Waals surface area (Å²) in [5.74, 6) is 0. The molecule has 1 amide bonds. The van der Waals surface area contributed by atoms with Gasteiger partial charge in [0.05, 0.1) is 0 Å². The fourth-order valence-electron chi connectivity index (χ4n) is 1.02. The SMILES string of the molecule is CCN(C(=O)I)c1ccccc1. The lowest BCUT2D eigenvalue weighted by Crippen LogP contribution is -2.24. The van der Waals surface area contributed by atoms with Crippen LogP contribution in [0.15, 0.2) is 30.3 Å². The first-order valence-corrected chi connectivity index (χ1v) is 4.85. The van der Waals surface area contributed by atoms with Gasteiger partial charge in [0.25, 0.3) is 3.91 Å². The molecular weight excluding hydrogens is 265 g/mol. The highest BCUT2D eigenvalue weighted by molar-refractivity contribution is 14.1. The van der Waals surface area contributed by atoms with E-state index in [-0.39, 0.29) is 3.91 Å². The van der Waals surface area contributed by atoms with Crippen LogP contribution in [0.5, 0.6) is 0 Å². The summed E-state index contributed by atoms with van der Waals surface area (Å²) in [5, 5.41) is 0. The van der Waals surface area contributed by atoms with Gasteiger partial charge in [-0.15, -0.1) is 0 Å². The smallest absolute Gasteiger partial charge is 0.287 e. The molecule has 0 atom stereocenters. The van der Waals surface area contributed by atoms with Gasteiger partial charge in [-0.3, -0.25) is 4.79 Å². The summed E-state index contributed by atoms with van der Waals surface area (Å²) in [6.07, 6.45) is 0. The van der Waals surface area contributed by atoms with Crippen LogP contribution in [0.3, 0.4) is 0 Å². The second kappa shape index (κ2) is 4.45. The molecule has 0 saturated carbocycles. The van der Waals surface area contributed by atoms with Crippen molar-refractivity contribution in [3.8, 4) is 0 Å². The second-order valence-electron chi connectivity index (χ2n) is 2.33. The molecule has 0 aliphatic heterocycles. The molecule has 1 aromatic rings. The van der Waals surface area contributed by atoms with E-state index < -0.39 is 0 Å². The van der Waals surface area contributed by atoms with Crippen LogP contribution in [0.2, 0.25) is 0 Å². The quantitative estimate of drug-likeness (QED) is 0.461. The van der Waals surface area contributed by atoms with E-state index >= 15 is 0 Å². The number of hydrogen-bond acceptors (Lipinski definition) is 1. The summed E-state index contributed by atoms with van der Waals surface area (Å²) in [6.45, 7) is 2.68. The van der Waals surface area contributed by atoms with E-state index in [4.69, 9.17) is 0 Å². The van der Waals surface area contributed by atoms with E-state index in [1.807, 2.05) is 37.3 Å². The second-order valence-corrected chi connectivity index (χ2v) is 3.26. The van der Waals surface area contributed by atoms with Gasteiger partial charge in [0.15, 0.2) is 0 Å². The molecule has 1 aromatic carbocycles. The molecule has 0 spiro atoms. The zero-order valence-corrected chi connectivity index (χ0v) is 8.98. The molecule has 0 fully saturated rings. The van der Waals surface area contributed by atoms with Crippen LogP contribution in [0, 0.1) is 0 Å². The first-order valence-electron chi connectivity index (χ1n) is 3.77. The summed E-state index contributed by atoms with van der Waals surface area (Å²) in [6, 6.07) is 9.66. The number of halogens is 1. The summed E-state index contributed by atoms with van der Waals surface area (Å²) in [7, 11) is 0. The maximum absolute atomic E-state index is 11.1. The predicted molar refractivity (Wildman–Crippen MR) is 58.9 cm³/mol. The maximum Gasteiger partial charge on any atom is 0.287 e. The molecule has 1 rings (SSSR count). The molecule has 0 N–H and O–H groups in total. The number of amides is 1. The minimum Gasteiger partial charge on any atom is -0.304 e. The third-order valence-corrected chi connectivity index (χ3v) is 2.18. The van der Waals surface area contributed by atoms with Crippen molar-refractivity contribution >= 4 is 32.2 Å². The molecule has 3 heteroatoms. The van der Waals surface area contributed by atoms with Crippen LogP contribution in [-0.4, -0.2) is 10.5 Å². The van der Waals surface area contributed by atoms with Crippen LogP contribution in [0.4, 0.5) is 10.5 Å². The van der Waals surface area contributed by atoms with E-state index in [0.29, 0.717) is 6.54 Å². The Hall–Kier alpha value is -0.580. The zero-order valence-electron chi connectivity index (χ0n) is 6.83. The molecule has 0 bridgehead atoms. The van der Waals surface area contributed by atoms with Crippen molar-refractivity contribution in [2.45, 2.75) is 6.92 Å². The van der Waals surface area contributed by atoms with E-state index in [1.165, 1.54) is 0 Å². The standard InChI is InChI=1S/C9H10INO/c1-2-11(9(10)12)8-6-4-3-5-7-8/h3-7H,2H2,1H3. The minimum absolute atomic E-state index is 0.0568. The number of hydrogen-bond donors (Lipinski definition) is 0. The van der Waals surface area contributed by atoms with Gasteiger partial charge in [0, 0.05) is 34.8 Å². The third-order valence-electron chi connectivity index (χ3n) is 1.60. The average molecular weight is 275 g/mol. The predicted octanol–water partition coefficient (Wildman–Crippen LogP) is 3.07. The molecule has 64 valence electrons. The van der Waals surface area contributed by atoms with Crippen LogP contribution >= 0.6 is 22.6 Å². The van der Waals surface area contributed by atoms with Gasteiger partial charge in [-0.05, 0) is 19.1 Å². The van der Waals surface area contributed by atoms with E-state index in [1.54, 1.807) is 27.5 Å². The van der Waals surface area contributed by atoms with Gasteiger partial charge in [-0.2, -0.15) is 0 Å². The van der Waals surface area contributed by atoms with Gasteiger partial charge in [0.2, 0.25) is 0 Å². The fraction of sp³-hybridized carbons (Fsp3) is 0.222. The van der Waals surface area contributed by atoms with Crippen molar-refractivity contribution in [1.29, 1.82) is 0 Å². The maximum atomic E-state index is 11.1. The van der Waals surface area contributed by atoms with Gasteiger partial charge < -0.3 is 4.90 Å². The van der Waals surface area contributed by atoms with Gasteiger partial charge in [-0.25, -0.2) is 0 Å². The Morgan fingerprint density at radius 1 is 1.42 bits per heavy atom. The molecule has 2 nitrogen and oxygen atoms in total. The topological polar surface area (TPSA) is 20.3 Å². The number of benzene rings is 1. The van der Waals surface area contributed by atoms with Crippen molar-refractivity contribution in [2.75, 3.05) is 11.4 Å². The fourth-order valence-corrected chi connectivity index (χ4v) is 1.64. The van der Waals surface area contributed by atoms with E-state index in [9.17, 15) is 4.79 Å². The van der Waals surface area contributed by atoms with Crippen molar-refractivity contribution in [1.82, 2.24) is 0 Å². The van der Waals surface area contributed by atoms with Gasteiger partial charge in [-0.1, -0.05) is 18.2 Å². The number of nitrogens with zero attached hydrogens (tertiary/aromatic N) is 1. The number of para-hydroxylation sites is 1. The Kier molecular flexibility index (Phi) is 3.52. The molecular formula is C9H10INO. The first-order chi connectivity index (χ1) is 5.75. The number of carbonyl (C=O) groups is 1. The van der Waals surface area contributed by atoms with Crippen LogP contribution < -0.4 is 4.90 Å². The van der Waals surface area contributed by atoms with Crippen molar-refractivity contribution < 1.29 is 4.79 Å².